The summed E-state index contributed by atoms with van der Waals surface area (Å²) in [5.41, 5.74) is 2.69. The van der Waals surface area contributed by atoms with Crippen molar-refractivity contribution >= 4 is 33.2 Å². The SMILES string of the molecule is Cc1ccc(NC(=O)c2ccc(CS(=O)(=O)N3CCCC3)cc2)cc1Cl. The number of nitrogens with zero attached hydrogens (tertiary/aromatic N) is 1. The van der Waals surface area contributed by atoms with Crippen molar-refractivity contribution in [3.8, 4) is 0 Å². The molecule has 3 rings (SSSR count). The van der Waals surface area contributed by atoms with E-state index < -0.39 is 10.0 Å². The maximum atomic E-state index is 12.4. The molecule has 2 aromatic carbocycles. The number of nitrogens with one attached hydrogen (secondary N) is 1. The summed E-state index contributed by atoms with van der Waals surface area (Å²) in [5.74, 6) is -0.304. The van der Waals surface area contributed by atoms with Gasteiger partial charge in [-0.1, -0.05) is 29.8 Å². The molecule has 0 saturated carbocycles. The molecular formula is C19H21ClN2O3S. The Bertz CT molecular complexity index is 905. The molecule has 1 amide bonds. The van der Waals surface area contributed by atoms with Crippen molar-refractivity contribution in [3.05, 3.63) is 64.2 Å². The van der Waals surface area contributed by atoms with E-state index in [1.807, 2.05) is 13.0 Å². The second-order valence-corrected chi connectivity index (χ2v) is 8.85. The quantitative estimate of drug-likeness (QED) is 0.840. The maximum absolute atomic E-state index is 12.4. The van der Waals surface area contributed by atoms with Crippen LogP contribution in [0.25, 0.3) is 0 Å². The average molecular weight is 393 g/mol. The average Bonchev–Trinajstić information content (AvgIpc) is 3.14. The molecule has 0 bridgehead atoms. The van der Waals surface area contributed by atoms with Crippen molar-refractivity contribution in [3.63, 3.8) is 0 Å². The molecule has 1 aliphatic heterocycles. The third kappa shape index (κ3) is 4.44. The lowest BCUT2D eigenvalue weighted by Crippen LogP contribution is -2.29. The minimum Gasteiger partial charge on any atom is -0.322 e. The lowest BCUT2D eigenvalue weighted by Gasteiger charge is -2.15. The Morgan fingerprint density at radius 3 is 2.38 bits per heavy atom. The molecule has 7 heteroatoms. The van der Waals surface area contributed by atoms with E-state index in [1.54, 1.807) is 36.4 Å². The molecule has 1 saturated heterocycles. The molecule has 26 heavy (non-hydrogen) atoms. The first-order chi connectivity index (χ1) is 12.3. The maximum Gasteiger partial charge on any atom is 0.255 e. The van der Waals surface area contributed by atoms with Gasteiger partial charge >= 0.3 is 0 Å². The van der Waals surface area contributed by atoms with Gasteiger partial charge in [-0.05, 0) is 55.2 Å². The molecule has 0 aromatic heterocycles. The van der Waals surface area contributed by atoms with E-state index in [2.05, 4.69) is 5.32 Å². The van der Waals surface area contributed by atoms with Crippen LogP contribution in [0.4, 0.5) is 5.69 Å². The van der Waals surface area contributed by atoms with Gasteiger partial charge in [0.2, 0.25) is 10.0 Å². The van der Waals surface area contributed by atoms with Crippen LogP contribution in [-0.4, -0.2) is 31.7 Å². The van der Waals surface area contributed by atoms with Crippen LogP contribution in [0.1, 0.15) is 34.3 Å². The number of rotatable bonds is 5. The fourth-order valence-electron chi connectivity index (χ4n) is 2.89. The third-order valence-corrected chi connectivity index (χ3v) is 6.71. The predicted octanol–water partition coefficient (Wildman–Crippen LogP) is 3.83. The molecule has 5 nitrogen and oxygen atoms in total. The molecule has 1 aliphatic rings. The van der Waals surface area contributed by atoms with Crippen molar-refractivity contribution in [2.75, 3.05) is 18.4 Å². The summed E-state index contributed by atoms with van der Waals surface area (Å²) in [4.78, 5) is 12.3. The van der Waals surface area contributed by atoms with Gasteiger partial charge in [0.15, 0.2) is 0 Å². The number of hydrogen-bond acceptors (Lipinski definition) is 3. The summed E-state index contributed by atoms with van der Waals surface area (Å²) in [6, 6.07) is 12.0. The largest absolute Gasteiger partial charge is 0.322 e. The van der Waals surface area contributed by atoms with Gasteiger partial charge in [-0.2, -0.15) is 0 Å². The predicted molar refractivity (Wildman–Crippen MR) is 104 cm³/mol. The van der Waals surface area contributed by atoms with Crippen molar-refractivity contribution in [2.24, 2.45) is 0 Å². The number of sulfonamides is 1. The zero-order chi connectivity index (χ0) is 18.7. The van der Waals surface area contributed by atoms with Crippen molar-refractivity contribution < 1.29 is 13.2 Å². The summed E-state index contributed by atoms with van der Waals surface area (Å²) in [6.07, 6.45) is 1.84. The van der Waals surface area contributed by atoms with Gasteiger partial charge in [-0.25, -0.2) is 12.7 Å². The molecule has 1 heterocycles. The van der Waals surface area contributed by atoms with Gasteiger partial charge in [0.1, 0.15) is 0 Å². The van der Waals surface area contributed by atoms with Gasteiger partial charge in [0.05, 0.1) is 5.75 Å². The number of halogens is 1. The Labute approximate surface area is 159 Å². The summed E-state index contributed by atoms with van der Waals surface area (Å²) in [7, 11) is -3.29. The fraction of sp³-hybridized carbons (Fsp3) is 0.316. The van der Waals surface area contributed by atoms with E-state index in [0.29, 0.717) is 34.9 Å². The van der Waals surface area contributed by atoms with Crippen LogP contribution >= 0.6 is 11.6 Å². The molecule has 0 atom stereocenters. The number of anilines is 1. The highest BCUT2D eigenvalue weighted by atomic mass is 35.5. The van der Waals surface area contributed by atoms with E-state index in [0.717, 1.165) is 18.4 Å². The number of amides is 1. The summed E-state index contributed by atoms with van der Waals surface area (Å²) < 4.78 is 26.2. The lowest BCUT2D eigenvalue weighted by molar-refractivity contribution is 0.102. The van der Waals surface area contributed by atoms with E-state index in [4.69, 9.17) is 11.6 Å². The molecule has 1 N–H and O–H groups in total. The molecule has 0 spiro atoms. The third-order valence-electron chi connectivity index (χ3n) is 4.45. The normalized spacial score (nSPS) is 15.2. The number of carbonyl (C=O) groups excluding carboxylic acids is 1. The van der Waals surface area contributed by atoms with Gasteiger partial charge in [0, 0.05) is 29.4 Å². The summed E-state index contributed by atoms with van der Waals surface area (Å²) >= 11 is 6.07. The van der Waals surface area contributed by atoms with Crippen LogP contribution in [0.5, 0.6) is 0 Å². The number of benzene rings is 2. The van der Waals surface area contributed by atoms with Crippen molar-refractivity contribution in [1.29, 1.82) is 0 Å². The zero-order valence-corrected chi connectivity index (χ0v) is 16.1. The lowest BCUT2D eigenvalue weighted by atomic mass is 10.1. The van der Waals surface area contributed by atoms with Crippen molar-refractivity contribution in [2.45, 2.75) is 25.5 Å². The van der Waals surface area contributed by atoms with Crippen LogP contribution in [0.2, 0.25) is 5.02 Å². The van der Waals surface area contributed by atoms with Crippen LogP contribution in [0.15, 0.2) is 42.5 Å². The van der Waals surface area contributed by atoms with E-state index in [9.17, 15) is 13.2 Å². The second kappa shape index (κ2) is 7.78. The monoisotopic (exact) mass is 392 g/mol. The van der Waals surface area contributed by atoms with Crippen LogP contribution in [0, 0.1) is 6.92 Å². The Kier molecular flexibility index (Phi) is 5.65. The van der Waals surface area contributed by atoms with Gasteiger partial charge in [0.25, 0.3) is 5.91 Å². The van der Waals surface area contributed by atoms with E-state index in [1.165, 1.54) is 4.31 Å². The summed E-state index contributed by atoms with van der Waals surface area (Å²) in [6.45, 7) is 3.09. The minimum atomic E-state index is -3.29. The highest BCUT2D eigenvalue weighted by molar-refractivity contribution is 7.88. The molecule has 0 aliphatic carbocycles. The Morgan fingerprint density at radius 2 is 1.77 bits per heavy atom. The van der Waals surface area contributed by atoms with E-state index >= 15 is 0 Å². The van der Waals surface area contributed by atoms with Gasteiger partial charge < -0.3 is 5.32 Å². The first-order valence-electron chi connectivity index (χ1n) is 8.49. The van der Waals surface area contributed by atoms with Crippen LogP contribution in [0.3, 0.4) is 0 Å². The topological polar surface area (TPSA) is 66.5 Å². The Balaban J connectivity index is 1.66. The molecule has 138 valence electrons. The van der Waals surface area contributed by atoms with Gasteiger partial charge in [-0.15, -0.1) is 0 Å². The minimum absolute atomic E-state index is 0.0392. The second-order valence-electron chi connectivity index (χ2n) is 6.48. The fourth-order valence-corrected chi connectivity index (χ4v) is 4.69. The molecule has 0 radical (unpaired) electrons. The standard InChI is InChI=1S/C19H21ClN2O3S/c1-14-4-9-17(12-18(14)20)21-19(23)16-7-5-15(6-8-16)13-26(24,25)22-10-2-3-11-22/h4-9,12H,2-3,10-11,13H2,1H3,(H,21,23). The number of carbonyl (C=O) groups is 1. The van der Waals surface area contributed by atoms with Crippen LogP contribution < -0.4 is 5.32 Å². The first kappa shape index (κ1) is 18.9. The summed E-state index contributed by atoms with van der Waals surface area (Å²) in [5, 5.41) is 3.38. The van der Waals surface area contributed by atoms with Crippen molar-refractivity contribution in [1.82, 2.24) is 4.31 Å². The molecule has 0 unspecified atom stereocenters. The van der Waals surface area contributed by atoms with E-state index in [-0.39, 0.29) is 11.7 Å². The zero-order valence-electron chi connectivity index (χ0n) is 14.5. The molecule has 1 fully saturated rings. The molecule has 2 aromatic rings. The highest BCUT2D eigenvalue weighted by Crippen LogP contribution is 2.21. The van der Waals surface area contributed by atoms with Crippen LogP contribution in [-0.2, 0) is 15.8 Å². The Morgan fingerprint density at radius 1 is 1.12 bits per heavy atom. The highest BCUT2D eigenvalue weighted by Gasteiger charge is 2.25. The smallest absolute Gasteiger partial charge is 0.255 e. The number of hydrogen-bond donors (Lipinski definition) is 1. The first-order valence-corrected chi connectivity index (χ1v) is 10.5. The molecular weight excluding hydrogens is 372 g/mol. The Hall–Kier alpha value is -1.89. The number of aryl methyl sites for hydroxylation is 1. The van der Waals surface area contributed by atoms with Gasteiger partial charge in [-0.3, -0.25) is 4.79 Å².